The number of hydrogen-bond donors (Lipinski definition) is 0. The normalized spacial score (nSPS) is 16.8. The summed E-state index contributed by atoms with van der Waals surface area (Å²) in [6.07, 6.45) is 0. The highest BCUT2D eigenvalue weighted by molar-refractivity contribution is 6.30. The molecule has 0 amide bonds. The Balaban J connectivity index is 1.95. The molecule has 1 fully saturated rings. The highest BCUT2D eigenvalue weighted by atomic mass is 35.5. The van der Waals surface area contributed by atoms with Gasteiger partial charge in [-0.2, -0.15) is 0 Å². The molecule has 0 radical (unpaired) electrons. The Hall–Kier alpha value is -3.39. The maximum atomic E-state index is 14.0. The molecule has 1 aliphatic rings. The molecular weight excluding hydrogens is 463 g/mol. The summed E-state index contributed by atoms with van der Waals surface area (Å²) in [5.41, 5.74) is 2.28. The molecule has 0 unspecified atom stereocenters. The van der Waals surface area contributed by atoms with Gasteiger partial charge in [0, 0.05) is 27.7 Å². The van der Waals surface area contributed by atoms with Crippen LogP contribution in [0.2, 0.25) is 5.02 Å². The van der Waals surface area contributed by atoms with E-state index in [0.29, 0.717) is 28.2 Å². The first-order valence-electron chi connectivity index (χ1n) is 10.7. The Bertz CT molecular complexity index is 1250. The van der Waals surface area contributed by atoms with Gasteiger partial charge in [-0.05, 0) is 23.3 Å². The summed E-state index contributed by atoms with van der Waals surface area (Å²) in [7, 11) is 0. The smallest absolute Gasteiger partial charge is 0.324 e. The van der Waals surface area contributed by atoms with E-state index in [0.717, 1.165) is 11.6 Å². The summed E-state index contributed by atoms with van der Waals surface area (Å²) >= 11 is 6.05. The van der Waals surface area contributed by atoms with Crippen LogP contribution in [0.25, 0.3) is 0 Å². The van der Waals surface area contributed by atoms with Crippen LogP contribution in [-0.4, -0.2) is 22.3 Å². The largest absolute Gasteiger partial charge is 0.711 e. The van der Waals surface area contributed by atoms with Crippen LogP contribution in [0.4, 0.5) is 4.39 Å². The van der Waals surface area contributed by atoms with Gasteiger partial charge in [-0.25, -0.2) is 13.7 Å². The molecule has 0 bridgehead atoms. The first kappa shape index (κ1) is 23.8. The van der Waals surface area contributed by atoms with Gasteiger partial charge < -0.3 is 14.7 Å². The van der Waals surface area contributed by atoms with Crippen LogP contribution in [0.15, 0.2) is 48.5 Å². The van der Waals surface area contributed by atoms with E-state index in [1.165, 1.54) is 26.0 Å². The van der Waals surface area contributed by atoms with Crippen molar-refractivity contribution in [3.63, 3.8) is 0 Å². The molecule has 2 heterocycles. The number of imidazole rings is 1. The molecule has 0 N–H and O–H groups in total. The third-order valence-corrected chi connectivity index (χ3v) is 6.31. The van der Waals surface area contributed by atoms with E-state index >= 15 is 0 Å². The molecule has 2 aromatic carbocycles. The Kier molecular flexibility index (Phi) is 6.12. The number of aromatic nitrogens is 2. The Labute approximate surface area is 201 Å². The van der Waals surface area contributed by atoms with Gasteiger partial charge >= 0.3 is 11.9 Å². The first-order chi connectivity index (χ1) is 16.0. The van der Waals surface area contributed by atoms with Gasteiger partial charge in [0.05, 0.1) is 5.02 Å². The van der Waals surface area contributed by atoms with Crippen LogP contribution in [0.3, 0.4) is 0 Å². The van der Waals surface area contributed by atoms with Crippen molar-refractivity contribution >= 4 is 23.5 Å². The van der Waals surface area contributed by atoms with Crippen LogP contribution in [-0.2, 0) is 25.6 Å². The number of hydrogen-bond acceptors (Lipinski definition) is 5. The van der Waals surface area contributed by atoms with E-state index in [2.05, 4.69) is 0 Å². The van der Waals surface area contributed by atoms with Crippen LogP contribution < -0.4 is 4.73 Å². The number of rotatable bonds is 5. The molecule has 7 nitrogen and oxygen atoms in total. The summed E-state index contributed by atoms with van der Waals surface area (Å²) in [4.78, 5) is 26.2. The average molecular weight is 487 g/mol. The van der Waals surface area contributed by atoms with E-state index in [1.807, 2.05) is 30.3 Å². The predicted octanol–water partition coefficient (Wildman–Crippen LogP) is 4.16. The molecule has 178 valence electrons. The topological polar surface area (TPSA) is 84.5 Å². The van der Waals surface area contributed by atoms with E-state index in [-0.39, 0.29) is 10.8 Å². The van der Waals surface area contributed by atoms with Crippen molar-refractivity contribution in [3.8, 4) is 0 Å². The molecule has 0 spiro atoms. The minimum absolute atomic E-state index is 0.125. The van der Waals surface area contributed by atoms with Gasteiger partial charge in [0.15, 0.2) is 5.92 Å². The van der Waals surface area contributed by atoms with Gasteiger partial charge in [-0.3, -0.25) is 9.59 Å². The summed E-state index contributed by atoms with van der Waals surface area (Å²) in [5.74, 6) is -6.29. The number of cyclic esters (lactones) is 2. The van der Waals surface area contributed by atoms with E-state index in [4.69, 9.17) is 21.1 Å². The van der Waals surface area contributed by atoms with Gasteiger partial charge in [-0.15, -0.1) is 0 Å². The Morgan fingerprint density at radius 2 is 1.74 bits per heavy atom. The highest BCUT2D eigenvalue weighted by Crippen LogP contribution is 2.39. The maximum Gasteiger partial charge on any atom is 0.324 e. The number of halogens is 2. The minimum atomic E-state index is -1.49. The fourth-order valence-electron chi connectivity index (χ4n) is 4.25. The van der Waals surface area contributed by atoms with Crippen molar-refractivity contribution in [1.29, 1.82) is 0 Å². The molecular formula is C25H24ClFN2O5. The number of carbonyl (C=O) groups is 2. The SMILES string of the molecule is Cc1c(C)[n+]([O-])c([C@H](c2ccc(F)c(Cl)c2)C2C(=O)OC(C)(C)OC2=O)n1Cc1ccccc1. The number of nitrogens with zero attached hydrogens (tertiary/aromatic N) is 2. The van der Waals surface area contributed by atoms with Crippen molar-refractivity contribution in [1.82, 2.24) is 4.57 Å². The Morgan fingerprint density at radius 1 is 1.12 bits per heavy atom. The minimum Gasteiger partial charge on any atom is -0.711 e. The Morgan fingerprint density at radius 3 is 2.32 bits per heavy atom. The number of benzene rings is 2. The summed E-state index contributed by atoms with van der Waals surface area (Å²) in [5, 5.41) is 13.2. The lowest BCUT2D eigenvalue weighted by molar-refractivity contribution is -0.621. The summed E-state index contributed by atoms with van der Waals surface area (Å²) in [6.45, 7) is 6.64. The third-order valence-electron chi connectivity index (χ3n) is 6.02. The van der Waals surface area contributed by atoms with Gasteiger partial charge in [0.2, 0.25) is 0 Å². The van der Waals surface area contributed by atoms with Crippen LogP contribution >= 0.6 is 11.6 Å². The third kappa shape index (κ3) is 4.25. The van der Waals surface area contributed by atoms with E-state index < -0.39 is 35.4 Å². The number of carbonyl (C=O) groups excluding carboxylic acids is 2. The zero-order valence-corrected chi connectivity index (χ0v) is 19.9. The second-order valence-electron chi connectivity index (χ2n) is 8.77. The molecule has 1 aromatic heterocycles. The van der Waals surface area contributed by atoms with E-state index in [1.54, 1.807) is 18.4 Å². The molecule has 0 saturated carbocycles. The fourth-order valence-corrected chi connectivity index (χ4v) is 4.44. The fraction of sp³-hybridized carbons (Fsp3) is 0.320. The van der Waals surface area contributed by atoms with Gasteiger partial charge in [0.25, 0.3) is 11.6 Å². The molecule has 1 saturated heterocycles. The highest BCUT2D eigenvalue weighted by Gasteiger charge is 2.52. The zero-order valence-electron chi connectivity index (χ0n) is 19.2. The zero-order chi connectivity index (χ0) is 24.8. The lowest BCUT2D eigenvalue weighted by atomic mass is 9.84. The molecule has 3 aromatic rings. The van der Waals surface area contributed by atoms with E-state index in [9.17, 15) is 19.2 Å². The summed E-state index contributed by atoms with van der Waals surface area (Å²) < 4.78 is 27.2. The molecule has 9 heteroatoms. The average Bonchev–Trinajstić information content (AvgIpc) is 2.96. The van der Waals surface area contributed by atoms with Crippen LogP contribution in [0, 0.1) is 30.8 Å². The van der Waals surface area contributed by atoms with Crippen LogP contribution in [0.5, 0.6) is 0 Å². The van der Waals surface area contributed by atoms with Gasteiger partial charge in [0.1, 0.15) is 29.7 Å². The van der Waals surface area contributed by atoms with Crippen molar-refractivity contribution in [2.24, 2.45) is 5.92 Å². The summed E-state index contributed by atoms with van der Waals surface area (Å²) in [6, 6.07) is 13.3. The first-order valence-corrected chi connectivity index (χ1v) is 11.1. The van der Waals surface area contributed by atoms with Crippen LogP contribution in [0.1, 0.15) is 48.1 Å². The number of esters is 2. The second-order valence-corrected chi connectivity index (χ2v) is 9.17. The van der Waals surface area contributed by atoms with Crippen molar-refractivity contribution in [2.45, 2.75) is 45.9 Å². The predicted molar refractivity (Wildman–Crippen MR) is 121 cm³/mol. The molecule has 4 rings (SSSR count). The lowest BCUT2D eigenvalue weighted by Gasteiger charge is -2.35. The second kappa shape index (κ2) is 8.76. The number of ether oxygens (including phenoxy) is 2. The standard InChI is InChI=1S/C25H24ClFN2O5/c1-14-15(2)29(32)22(28(14)13-16-8-6-5-7-9-16)20(17-10-11-19(27)18(26)12-17)21-23(30)33-25(3,4)34-24(21)31/h5-12,20-21H,13H2,1-4H3/t20-/m1/s1. The van der Waals surface area contributed by atoms with Gasteiger partial charge in [-0.1, -0.05) is 48.0 Å². The molecule has 1 atom stereocenters. The van der Waals surface area contributed by atoms with Crippen molar-refractivity contribution in [2.75, 3.05) is 0 Å². The maximum absolute atomic E-state index is 14.0. The quantitative estimate of drug-likeness (QED) is 0.234. The monoisotopic (exact) mass is 486 g/mol. The van der Waals surface area contributed by atoms with Crippen molar-refractivity contribution < 1.29 is 28.2 Å². The molecule has 1 aliphatic heterocycles. The molecule has 0 aliphatic carbocycles. The molecule has 34 heavy (non-hydrogen) atoms. The van der Waals surface area contributed by atoms with Crippen molar-refractivity contribution in [3.05, 3.63) is 92.9 Å². The lowest BCUT2D eigenvalue weighted by Crippen LogP contribution is -2.50.